The van der Waals surface area contributed by atoms with E-state index in [1.165, 1.54) is 14.0 Å². The van der Waals surface area contributed by atoms with Gasteiger partial charge < -0.3 is 4.74 Å². The van der Waals surface area contributed by atoms with Crippen LogP contribution in [-0.2, 0) is 10.9 Å². The van der Waals surface area contributed by atoms with Crippen LogP contribution in [0.3, 0.4) is 0 Å². The van der Waals surface area contributed by atoms with Crippen LogP contribution in [0.25, 0.3) is 0 Å². The first kappa shape index (κ1) is 10.0. The number of hydrogen-bond acceptors (Lipinski definition) is 2. The van der Waals surface area contributed by atoms with Crippen LogP contribution in [0.15, 0.2) is 6.07 Å². The zero-order chi connectivity index (χ0) is 10.1. The topological polar surface area (TPSA) is 27.1 Å². The molecule has 0 aromatic carbocycles. The predicted molar refractivity (Wildman–Crippen MR) is 38.7 cm³/mol. The molecule has 0 saturated carbocycles. The molecule has 73 valence electrons. The molecule has 0 spiro atoms. The Morgan fingerprint density at radius 1 is 1.54 bits per heavy atom. The zero-order valence-corrected chi connectivity index (χ0v) is 7.09. The van der Waals surface area contributed by atoms with E-state index in [4.69, 9.17) is 0 Å². The van der Waals surface area contributed by atoms with Gasteiger partial charge in [-0.1, -0.05) is 0 Å². The van der Waals surface area contributed by atoms with Crippen LogP contribution in [0, 0.1) is 13.7 Å². The summed E-state index contributed by atoms with van der Waals surface area (Å²) in [7, 11) is 1.34. The second kappa shape index (κ2) is 3.37. The van der Waals surface area contributed by atoms with Gasteiger partial charge in [-0.25, -0.2) is 4.68 Å². The maximum absolute atomic E-state index is 12.1. The molecule has 0 unspecified atom stereocenters. The number of aromatic nitrogens is 2. The second-order valence-corrected chi connectivity index (χ2v) is 2.45. The van der Waals surface area contributed by atoms with Crippen molar-refractivity contribution in [3.63, 3.8) is 0 Å². The molecule has 6 heteroatoms. The summed E-state index contributed by atoms with van der Waals surface area (Å²) in [5.41, 5.74) is -0.549. The smallest absolute Gasteiger partial charge is 0.355 e. The summed E-state index contributed by atoms with van der Waals surface area (Å²) in [5.74, 6) is 0. The normalized spacial score (nSPS) is 12.1. The number of halogens is 3. The van der Waals surface area contributed by atoms with Crippen LogP contribution in [-0.4, -0.2) is 16.9 Å². The van der Waals surface area contributed by atoms with E-state index in [0.717, 1.165) is 17.5 Å². The van der Waals surface area contributed by atoms with Gasteiger partial charge in [-0.2, -0.15) is 18.3 Å². The van der Waals surface area contributed by atoms with Crippen LogP contribution in [0.5, 0.6) is 0 Å². The molecule has 1 rings (SSSR count). The van der Waals surface area contributed by atoms with Gasteiger partial charge in [0.15, 0.2) is 12.4 Å². The molecule has 1 aromatic rings. The molecule has 0 aliphatic rings. The van der Waals surface area contributed by atoms with Gasteiger partial charge in [-0.3, -0.25) is 0 Å². The minimum atomic E-state index is -4.41. The summed E-state index contributed by atoms with van der Waals surface area (Å²) in [5, 5.41) is 3.28. The van der Waals surface area contributed by atoms with Gasteiger partial charge in [0.25, 0.3) is 0 Å². The zero-order valence-electron chi connectivity index (χ0n) is 7.09. The Bertz CT molecular complexity index is 292. The van der Waals surface area contributed by atoms with Gasteiger partial charge in [0.1, 0.15) is 0 Å². The van der Waals surface area contributed by atoms with Crippen molar-refractivity contribution >= 4 is 0 Å². The monoisotopic (exact) mass is 193 g/mol. The van der Waals surface area contributed by atoms with Crippen molar-refractivity contribution in [2.75, 3.05) is 7.11 Å². The van der Waals surface area contributed by atoms with Crippen molar-refractivity contribution < 1.29 is 17.9 Å². The molecule has 1 radical (unpaired) electrons. The van der Waals surface area contributed by atoms with E-state index in [1.807, 2.05) is 0 Å². The Hall–Kier alpha value is -1.04. The molecule has 0 aliphatic carbocycles. The predicted octanol–water partition coefficient (Wildman–Crippen LogP) is 1.82. The number of hydrogen-bond donors (Lipinski definition) is 0. The summed E-state index contributed by atoms with van der Waals surface area (Å²) < 4.78 is 41.8. The Morgan fingerprint density at radius 3 is 2.54 bits per heavy atom. The first-order valence-electron chi connectivity index (χ1n) is 3.44. The van der Waals surface area contributed by atoms with Crippen LogP contribution in [0.1, 0.15) is 11.4 Å². The molecule has 0 aliphatic heterocycles. The van der Waals surface area contributed by atoms with Crippen LogP contribution in [0.4, 0.5) is 13.2 Å². The number of methoxy groups -OCH3 is 1. The molecule has 0 fully saturated rings. The summed E-state index contributed by atoms with van der Waals surface area (Å²) >= 11 is 0. The molecule has 13 heavy (non-hydrogen) atoms. The van der Waals surface area contributed by atoms with E-state index in [1.54, 1.807) is 0 Å². The van der Waals surface area contributed by atoms with Gasteiger partial charge in [0.05, 0.1) is 0 Å². The summed E-state index contributed by atoms with van der Waals surface area (Å²) in [6.45, 7) is 2.61. The van der Waals surface area contributed by atoms with Crippen molar-refractivity contribution in [2.24, 2.45) is 0 Å². The number of nitrogens with zero attached hydrogens (tertiary/aromatic N) is 2. The quantitative estimate of drug-likeness (QED) is 0.716. The number of rotatable bonds is 2. The van der Waals surface area contributed by atoms with E-state index in [2.05, 4.69) is 9.84 Å². The lowest BCUT2D eigenvalue weighted by Crippen LogP contribution is -2.08. The summed E-state index contributed by atoms with van der Waals surface area (Å²) in [6.07, 6.45) is -4.41. The van der Waals surface area contributed by atoms with E-state index in [0.29, 0.717) is 5.69 Å². The third-order valence-corrected chi connectivity index (χ3v) is 1.42. The van der Waals surface area contributed by atoms with Crippen LogP contribution >= 0.6 is 0 Å². The minimum absolute atomic E-state index is 0.370. The molecular formula is C7H8F3N2O. The highest BCUT2D eigenvalue weighted by Gasteiger charge is 2.34. The maximum Gasteiger partial charge on any atom is 0.435 e. The molecule has 1 heterocycles. The van der Waals surface area contributed by atoms with Crippen LogP contribution in [0.2, 0.25) is 0 Å². The lowest BCUT2D eigenvalue weighted by molar-refractivity contribution is -0.141. The molecule has 1 aromatic heterocycles. The molecule has 3 nitrogen and oxygen atoms in total. The third-order valence-electron chi connectivity index (χ3n) is 1.42. The standard InChI is InChI=1S/C7H8F3N2O/c1-5-3-6(7(8,9)10)11-12(5)4-13-2/h3-4H,1-2H3. The minimum Gasteiger partial charge on any atom is -0.355 e. The van der Waals surface area contributed by atoms with Gasteiger partial charge in [-0.15, -0.1) is 0 Å². The maximum atomic E-state index is 12.1. The van der Waals surface area contributed by atoms with Gasteiger partial charge >= 0.3 is 6.18 Å². The van der Waals surface area contributed by atoms with E-state index in [9.17, 15) is 13.2 Å². The largest absolute Gasteiger partial charge is 0.435 e. The average molecular weight is 193 g/mol. The van der Waals surface area contributed by atoms with E-state index in [-0.39, 0.29) is 0 Å². The first-order chi connectivity index (χ1) is 5.95. The lowest BCUT2D eigenvalue weighted by atomic mass is 10.4. The van der Waals surface area contributed by atoms with Crippen LogP contribution < -0.4 is 0 Å². The van der Waals surface area contributed by atoms with E-state index < -0.39 is 11.9 Å². The lowest BCUT2D eigenvalue weighted by Gasteiger charge is -2.01. The summed E-state index contributed by atoms with van der Waals surface area (Å²) in [4.78, 5) is 0. The van der Waals surface area contributed by atoms with E-state index >= 15 is 0 Å². The average Bonchev–Trinajstić information content (AvgIpc) is 2.32. The summed E-state index contributed by atoms with van der Waals surface area (Å²) in [6, 6.07) is 0.954. The number of ether oxygens (including phenoxy) is 1. The molecule has 0 saturated heterocycles. The molecule has 0 bridgehead atoms. The third kappa shape index (κ3) is 2.21. The van der Waals surface area contributed by atoms with Crippen molar-refractivity contribution in [1.82, 2.24) is 9.78 Å². The number of aryl methyl sites for hydroxylation is 1. The van der Waals surface area contributed by atoms with Crippen molar-refractivity contribution in [1.29, 1.82) is 0 Å². The fourth-order valence-electron chi connectivity index (χ4n) is 0.833. The SMILES string of the molecule is CO[CH]n1nc(C(F)(F)F)cc1C. The Morgan fingerprint density at radius 2 is 2.15 bits per heavy atom. The highest BCUT2D eigenvalue weighted by atomic mass is 19.4. The number of alkyl halides is 3. The first-order valence-corrected chi connectivity index (χ1v) is 3.44. The van der Waals surface area contributed by atoms with Gasteiger partial charge in [-0.05, 0) is 13.0 Å². The molecule has 0 amide bonds. The Balaban J connectivity index is 2.95. The highest BCUT2D eigenvalue weighted by molar-refractivity contribution is 5.12. The fourth-order valence-corrected chi connectivity index (χ4v) is 0.833. The molecule has 0 atom stereocenters. The molecule has 0 N–H and O–H groups in total. The highest BCUT2D eigenvalue weighted by Crippen LogP contribution is 2.28. The molecular weight excluding hydrogens is 185 g/mol. The fraction of sp³-hybridized carbons (Fsp3) is 0.429. The van der Waals surface area contributed by atoms with Crippen molar-refractivity contribution in [3.05, 3.63) is 24.2 Å². The Kier molecular flexibility index (Phi) is 2.60. The Labute approximate surface area is 73.1 Å². The van der Waals surface area contributed by atoms with Gasteiger partial charge in [0, 0.05) is 12.8 Å². The van der Waals surface area contributed by atoms with Gasteiger partial charge in [0.2, 0.25) is 0 Å². The van der Waals surface area contributed by atoms with Crippen molar-refractivity contribution in [3.8, 4) is 0 Å². The second-order valence-electron chi connectivity index (χ2n) is 2.45. The van der Waals surface area contributed by atoms with Crippen molar-refractivity contribution in [2.45, 2.75) is 13.1 Å².